The number of benzene rings is 8. The van der Waals surface area contributed by atoms with Crippen LogP contribution in [-0.4, -0.2) is 254 Å². The second-order valence-electron chi connectivity index (χ2n) is 19.8. The van der Waals surface area contributed by atoms with Gasteiger partial charge in [0, 0.05) is 38.5 Å². The summed E-state index contributed by atoms with van der Waals surface area (Å²) in [5.74, 6) is -0.381. The molecule has 3 heterocycles. The fourth-order valence-corrected chi connectivity index (χ4v) is 11.3. The minimum Gasteiger partial charge on any atom is -0.312 e. The van der Waals surface area contributed by atoms with Gasteiger partial charge in [-0.15, -0.1) is 60.1 Å². The van der Waals surface area contributed by atoms with Gasteiger partial charge in [0.15, 0.2) is 0 Å². The first-order valence-corrected chi connectivity index (χ1v) is 23.9. The maximum absolute atomic E-state index is 7.48. The quantitative estimate of drug-likeness (QED) is 0.165. The summed E-state index contributed by atoms with van der Waals surface area (Å²) < 4.78 is 2.74. The third-order valence-corrected chi connectivity index (χ3v) is 15.7. The first-order chi connectivity index (χ1) is 38.3. The van der Waals surface area contributed by atoms with Crippen molar-refractivity contribution in [1.29, 1.82) is 0 Å². The second-order valence-corrected chi connectivity index (χ2v) is 19.8. The average molecular weight is 957 g/mol. The Kier molecular flexibility index (Phi) is 14.1. The Balaban J connectivity index is 1.40. The Morgan fingerprint density at radius 3 is 0.878 bits per heavy atom. The largest absolute Gasteiger partial charge is 0.312 e. The second kappa shape index (κ2) is 19.7. The van der Waals surface area contributed by atoms with E-state index >= 15 is 0 Å². The van der Waals surface area contributed by atoms with Crippen LogP contribution in [0.25, 0.3) is 99.3 Å². The number of nitrogens with zero attached hydrogens (tertiary/aromatic N) is 4. The lowest BCUT2D eigenvalue weighted by Gasteiger charge is -2.28. The summed E-state index contributed by atoms with van der Waals surface area (Å²) in [5.41, 5.74) is -5.93. The summed E-state index contributed by atoms with van der Waals surface area (Å²) in [6.45, 7) is 0. The van der Waals surface area contributed by atoms with E-state index in [9.17, 15) is 0 Å². The third-order valence-electron chi connectivity index (χ3n) is 15.7. The van der Waals surface area contributed by atoms with Gasteiger partial charge in [0.1, 0.15) is 235 Å². The fraction of sp³-hybridized carbons (Fsp3) is 0. The molecular weight excluding hydrogens is 957 g/mol. The normalized spacial score (nSPS) is 11.9. The van der Waals surface area contributed by atoms with Gasteiger partial charge in [-0.05, 0) is 43.6 Å². The fourth-order valence-electron chi connectivity index (χ4n) is 11.3. The van der Waals surface area contributed by atoms with E-state index < -0.39 is 0 Å². The van der Waals surface area contributed by atoms with Crippen LogP contribution in [0.3, 0.4) is 0 Å². The van der Waals surface area contributed by atoms with Crippen molar-refractivity contribution in [1.82, 2.24) is 19.1 Å². The summed E-state index contributed by atoms with van der Waals surface area (Å²) in [7, 11) is 203. The maximum Gasteiger partial charge on any atom is 0.235 e. The number of rotatable bonds is 4. The molecule has 302 valence electrons. The van der Waals surface area contributed by atoms with Crippen molar-refractivity contribution in [2.75, 3.05) is 0 Å². The molecule has 0 fully saturated rings. The van der Waals surface area contributed by atoms with E-state index in [0.29, 0.717) is 0 Å². The van der Waals surface area contributed by atoms with Gasteiger partial charge in [0.05, 0.1) is 11.2 Å². The lowest BCUT2D eigenvalue weighted by molar-refractivity contribution is 1.02. The molecule has 0 aliphatic rings. The van der Waals surface area contributed by atoms with Crippen LogP contribution in [0, 0.1) is 0 Å². The predicted octanol–water partition coefficient (Wildman–Crippen LogP) is -23.9. The SMILES string of the molecule is [B]c1c([B])c([B])c(-c2c([B])c([B])c3nc(-n4c5c([B])c([B])c([B])c([B])c5c5c([B])c(-n6c7c([B])c([B])c([B])c([B])c7c7c([B])c([B])c([B])c([B])c76)c([B])c([B])c54)nc(-c4c([B])c([B])c5c([B])c([B])c([B])c([B])c5c4[B])c3c2[B])c([B])c1[B]. The topological polar surface area (TPSA) is 35.6 Å². The van der Waals surface area contributed by atoms with Crippen LogP contribution in [-0.2, 0) is 0 Å². The van der Waals surface area contributed by atoms with Gasteiger partial charge in [-0.25, -0.2) is 9.97 Å². The molecule has 0 amide bonds. The lowest BCUT2D eigenvalue weighted by atomic mass is 9.57. The van der Waals surface area contributed by atoms with E-state index in [4.69, 9.17) is 245 Å². The molecule has 8 aromatic carbocycles. The molecule has 0 aliphatic carbocycles. The molecule has 11 aromatic rings. The molecule has 11 rings (SSSR count). The molecule has 0 saturated carbocycles. The molecule has 0 saturated heterocycles. The molecule has 0 unspecified atom stereocenters. The predicted molar refractivity (Wildman–Crippen MR) is 378 cm³/mol. The van der Waals surface area contributed by atoms with Crippen molar-refractivity contribution in [3.05, 3.63) is 0 Å². The monoisotopic (exact) mass is 962 g/mol. The zero-order valence-electron chi connectivity index (χ0n) is 43.1. The molecular formula is C48B30N4. The maximum atomic E-state index is 7.48. The number of fused-ring (bicyclic) bond motifs is 8. The first-order valence-electron chi connectivity index (χ1n) is 23.9. The van der Waals surface area contributed by atoms with Crippen LogP contribution in [0.15, 0.2) is 0 Å². The molecule has 0 atom stereocenters. The minimum absolute atomic E-state index is 0.00474. The Labute approximate surface area is 514 Å². The van der Waals surface area contributed by atoms with Crippen molar-refractivity contribution in [2.24, 2.45) is 0 Å². The van der Waals surface area contributed by atoms with E-state index in [1.807, 2.05) is 0 Å². The molecule has 3 aromatic heterocycles. The van der Waals surface area contributed by atoms with E-state index in [1.165, 1.54) is 9.13 Å². The van der Waals surface area contributed by atoms with Crippen LogP contribution in [0.5, 0.6) is 0 Å². The average Bonchev–Trinajstić information content (AvgIpc) is 1.99. The molecule has 0 spiro atoms. The number of hydrogen-bond acceptors (Lipinski definition) is 2. The summed E-state index contributed by atoms with van der Waals surface area (Å²) in [6.07, 6.45) is 0. The van der Waals surface area contributed by atoms with E-state index in [-0.39, 0.29) is 263 Å². The van der Waals surface area contributed by atoms with Gasteiger partial charge in [-0.1, -0.05) is 104 Å². The molecule has 0 bridgehead atoms. The highest BCUT2D eigenvalue weighted by atomic mass is 15.2. The first kappa shape index (κ1) is 58.7. The lowest BCUT2D eigenvalue weighted by Crippen LogP contribution is -2.56. The van der Waals surface area contributed by atoms with E-state index in [0.717, 1.165) is 0 Å². The molecule has 60 radical (unpaired) electrons. The highest BCUT2D eigenvalue weighted by Gasteiger charge is 2.32. The Bertz CT molecular complexity index is 4820. The van der Waals surface area contributed by atoms with Crippen LogP contribution in [0.2, 0.25) is 0 Å². The summed E-state index contributed by atoms with van der Waals surface area (Å²) in [5, 5.41) is 0.238. The Morgan fingerprint density at radius 2 is 0.451 bits per heavy atom. The van der Waals surface area contributed by atoms with Gasteiger partial charge in [0.2, 0.25) is 5.95 Å². The smallest absolute Gasteiger partial charge is 0.235 e. The number of hydrogen-bond donors (Lipinski definition) is 0. The van der Waals surface area contributed by atoms with Crippen molar-refractivity contribution in [3.8, 4) is 34.0 Å². The van der Waals surface area contributed by atoms with Gasteiger partial charge >= 0.3 is 0 Å². The third kappa shape index (κ3) is 7.42. The van der Waals surface area contributed by atoms with Crippen LogP contribution in [0.1, 0.15) is 0 Å². The molecule has 34 heteroatoms. The zero-order chi connectivity index (χ0) is 60.3. The van der Waals surface area contributed by atoms with Crippen LogP contribution >= 0.6 is 0 Å². The summed E-state index contributed by atoms with van der Waals surface area (Å²) in [6, 6.07) is 0. The van der Waals surface area contributed by atoms with Crippen LogP contribution in [0.4, 0.5) is 0 Å². The molecule has 4 nitrogen and oxygen atoms in total. The van der Waals surface area contributed by atoms with Gasteiger partial charge < -0.3 is 4.57 Å². The van der Waals surface area contributed by atoms with Gasteiger partial charge in [-0.2, -0.15) is 0 Å². The van der Waals surface area contributed by atoms with Crippen molar-refractivity contribution < 1.29 is 0 Å². The highest BCUT2D eigenvalue weighted by molar-refractivity contribution is 6.77. The molecule has 82 heavy (non-hydrogen) atoms. The summed E-state index contributed by atoms with van der Waals surface area (Å²) in [4.78, 5) is 10.2. The minimum atomic E-state index is -0.381. The molecule has 0 aliphatic heterocycles. The van der Waals surface area contributed by atoms with Gasteiger partial charge in [0.25, 0.3) is 0 Å². The van der Waals surface area contributed by atoms with Crippen molar-refractivity contribution in [2.45, 2.75) is 0 Å². The standard InChI is InChI=1S/C48B30N4/c49-11-1-3(15(53)25(63)24(62)14(1)52)13(51)22(60)9(11)41-10-12(50)2(4-16(54)26(64)31(69)27(65)17(4)55)18(56)35(73)42(10)80-48(79-41)82-45-7(21(59)30(68)34(72)38(45)76)8-23(61)47(40(78)39(77)46(8)82)81-43-5(19(57)28(66)32(70)36(43)74)6-20(58)29(67)33(71)37(75)44(6)81. The van der Waals surface area contributed by atoms with E-state index in [1.54, 1.807) is 0 Å². The van der Waals surface area contributed by atoms with Crippen molar-refractivity contribution in [3.63, 3.8) is 0 Å². The van der Waals surface area contributed by atoms with Gasteiger partial charge in [-0.3, -0.25) is 4.57 Å². The highest BCUT2D eigenvalue weighted by Crippen LogP contribution is 2.33. The van der Waals surface area contributed by atoms with Crippen LogP contribution < -0.4 is 164 Å². The van der Waals surface area contributed by atoms with E-state index in [2.05, 4.69) is 0 Å². The number of aromatic nitrogens is 4. The molecule has 0 N–H and O–H groups in total. The zero-order valence-corrected chi connectivity index (χ0v) is 43.1. The van der Waals surface area contributed by atoms with Crippen molar-refractivity contribution >= 4 is 465 Å². The summed E-state index contributed by atoms with van der Waals surface area (Å²) >= 11 is 0. The Hall–Kier alpha value is -5.09. The Morgan fingerprint density at radius 1 is 0.183 bits per heavy atom.